The molecule has 0 spiro atoms. The summed E-state index contributed by atoms with van der Waals surface area (Å²) in [5.41, 5.74) is 2.79. The molecule has 3 rings (SSSR count). The molecule has 3 aromatic rings. The molecule has 0 heterocycles. The molecular weight excluding hydrogens is 380 g/mol. The molecule has 30 heavy (non-hydrogen) atoms. The normalized spacial score (nSPS) is 10.9. The fourth-order valence-corrected chi connectivity index (χ4v) is 2.92. The Balaban J connectivity index is 1.74. The fraction of sp³-hybridized carbons (Fsp3) is 0.125. The number of ether oxygens (including phenoxy) is 1. The van der Waals surface area contributed by atoms with Gasteiger partial charge >= 0.3 is 0 Å². The van der Waals surface area contributed by atoms with E-state index in [0.717, 1.165) is 5.56 Å². The van der Waals surface area contributed by atoms with E-state index in [0.29, 0.717) is 22.4 Å². The summed E-state index contributed by atoms with van der Waals surface area (Å²) >= 11 is 0. The van der Waals surface area contributed by atoms with Gasteiger partial charge in [-0.2, -0.15) is 0 Å². The third kappa shape index (κ3) is 4.91. The summed E-state index contributed by atoms with van der Waals surface area (Å²) in [7, 11) is 2.92. The van der Waals surface area contributed by atoms with Crippen LogP contribution in [0, 0.1) is 0 Å². The number of hydrogen-bond donors (Lipinski definition) is 1. The second-order valence-corrected chi connectivity index (χ2v) is 6.37. The Hall–Kier alpha value is -3.93. The highest BCUT2D eigenvalue weighted by molar-refractivity contribution is 6.45. The average Bonchev–Trinajstić information content (AvgIpc) is 2.81. The molecule has 0 fully saturated rings. The van der Waals surface area contributed by atoms with Crippen LogP contribution in [0.3, 0.4) is 0 Å². The van der Waals surface area contributed by atoms with Gasteiger partial charge in [0.15, 0.2) is 11.5 Å². The molecule has 0 aliphatic rings. The van der Waals surface area contributed by atoms with Crippen molar-refractivity contribution in [2.75, 3.05) is 14.2 Å². The Labute approximate surface area is 175 Å². The average molecular weight is 402 g/mol. The Bertz CT molecular complexity index is 1040. The lowest BCUT2D eigenvalue weighted by molar-refractivity contribution is -0.114. The van der Waals surface area contributed by atoms with E-state index in [-0.39, 0.29) is 24.0 Å². The molecule has 152 valence electrons. The molecule has 0 atom stereocenters. The highest BCUT2D eigenvalue weighted by atomic mass is 16.6. The highest BCUT2D eigenvalue weighted by Crippen LogP contribution is 2.19. The summed E-state index contributed by atoms with van der Waals surface area (Å²) in [6, 6.07) is 23.4. The first-order valence-corrected chi connectivity index (χ1v) is 9.38. The molecule has 1 amide bonds. The first-order valence-electron chi connectivity index (χ1n) is 9.38. The molecule has 3 aromatic carbocycles. The number of likely N-dealkylation sites (N-methyl/N-ethyl adjacent to an activating group) is 1. The van der Waals surface area contributed by atoms with Crippen LogP contribution in [-0.2, 0) is 16.2 Å². The number of hydrogen-bond acceptors (Lipinski definition) is 5. The van der Waals surface area contributed by atoms with Gasteiger partial charge in [-0.05, 0) is 29.8 Å². The Morgan fingerprint density at radius 3 is 2.17 bits per heavy atom. The summed E-state index contributed by atoms with van der Waals surface area (Å²) in [4.78, 5) is 29.5. The van der Waals surface area contributed by atoms with E-state index in [1.165, 1.54) is 14.2 Å². The van der Waals surface area contributed by atoms with Gasteiger partial charge in [0.1, 0.15) is 19.5 Å². The van der Waals surface area contributed by atoms with Crippen molar-refractivity contribution in [1.82, 2.24) is 5.32 Å². The molecule has 6 heteroatoms. The topological polar surface area (TPSA) is 77.0 Å². The number of carbonyl (C=O) groups excluding carboxylic acids is 2. The maximum absolute atomic E-state index is 12.5. The van der Waals surface area contributed by atoms with Crippen LogP contribution in [0.25, 0.3) is 0 Å². The van der Waals surface area contributed by atoms with E-state index >= 15 is 0 Å². The highest BCUT2D eigenvalue weighted by Gasteiger charge is 2.17. The molecular formula is C24H22N2O4. The summed E-state index contributed by atoms with van der Waals surface area (Å²) in [5, 5.41) is 6.41. The smallest absolute Gasteiger partial charge is 0.273 e. The SMILES string of the molecule is CNC(=O)/C(=N/OC)c1ccccc1COc1ccc(C(=O)c2ccccc2)cc1. The lowest BCUT2D eigenvalue weighted by Crippen LogP contribution is -2.29. The number of nitrogens with one attached hydrogen (secondary N) is 1. The van der Waals surface area contributed by atoms with Crippen LogP contribution < -0.4 is 10.1 Å². The molecule has 0 aliphatic heterocycles. The molecule has 0 aromatic heterocycles. The monoisotopic (exact) mass is 402 g/mol. The van der Waals surface area contributed by atoms with Gasteiger partial charge in [-0.1, -0.05) is 59.8 Å². The number of amides is 1. The maximum Gasteiger partial charge on any atom is 0.273 e. The van der Waals surface area contributed by atoms with Crippen LogP contribution in [0.4, 0.5) is 0 Å². The van der Waals surface area contributed by atoms with Gasteiger partial charge in [0, 0.05) is 23.7 Å². The van der Waals surface area contributed by atoms with Crippen molar-refractivity contribution < 1.29 is 19.2 Å². The zero-order valence-corrected chi connectivity index (χ0v) is 16.8. The van der Waals surface area contributed by atoms with Crippen LogP contribution in [0.5, 0.6) is 5.75 Å². The van der Waals surface area contributed by atoms with Crippen LogP contribution in [-0.4, -0.2) is 31.6 Å². The van der Waals surface area contributed by atoms with Crippen molar-refractivity contribution in [2.45, 2.75) is 6.61 Å². The first-order chi connectivity index (χ1) is 14.6. The van der Waals surface area contributed by atoms with E-state index in [1.54, 1.807) is 42.5 Å². The molecule has 0 saturated heterocycles. The van der Waals surface area contributed by atoms with E-state index in [2.05, 4.69) is 10.5 Å². The van der Waals surface area contributed by atoms with Gasteiger partial charge in [0.2, 0.25) is 0 Å². The molecule has 6 nitrogen and oxygen atoms in total. The quantitative estimate of drug-likeness (QED) is 0.355. The van der Waals surface area contributed by atoms with Crippen molar-refractivity contribution in [2.24, 2.45) is 5.16 Å². The van der Waals surface area contributed by atoms with Gasteiger partial charge in [0.05, 0.1) is 0 Å². The van der Waals surface area contributed by atoms with E-state index < -0.39 is 0 Å². The number of ketones is 1. The van der Waals surface area contributed by atoms with Gasteiger partial charge in [-0.3, -0.25) is 9.59 Å². The van der Waals surface area contributed by atoms with Crippen molar-refractivity contribution in [3.8, 4) is 5.75 Å². The fourth-order valence-electron chi connectivity index (χ4n) is 2.92. The van der Waals surface area contributed by atoms with Crippen LogP contribution in [0.15, 0.2) is 84.0 Å². The van der Waals surface area contributed by atoms with Crippen molar-refractivity contribution >= 4 is 17.4 Å². The van der Waals surface area contributed by atoms with E-state index in [1.807, 2.05) is 36.4 Å². The zero-order valence-electron chi connectivity index (χ0n) is 16.8. The predicted molar refractivity (Wildman–Crippen MR) is 115 cm³/mol. The van der Waals surface area contributed by atoms with Gasteiger partial charge in [0.25, 0.3) is 5.91 Å². The predicted octanol–water partition coefficient (Wildman–Crippen LogP) is 3.59. The molecule has 0 bridgehead atoms. The van der Waals surface area contributed by atoms with Gasteiger partial charge < -0.3 is 14.9 Å². The largest absolute Gasteiger partial charge is 0.489 e. The van der Waals surface area contributed by atoms with Crippen molar-refractivity contribution in [3.63, 3.8) is 0 Å². The minimum atomic E-state index is -0.354. The number of oxime groups is 1. The maximum atomic E-state index is 12.5. The summed E-state index contributed by atoms with van der Waals surface area (Å²) < 4.78 is 5.88. The summed E-state index contributed by atoms with van der Waals surface area (Å²) in [5.74, 6) is 0.214. The standard InChI is InChI=1S/C24H22N2O4/c1-25-24(28)22(26-29-2)21-11-7-6-10-19(21)16-30-20-14-12-18(13-15-20)23(27)17-8-4-3-5-9-17/h3-15H,16H2,1-2H3,(H,25,28)/b26-22+. The van der Waals surface area contributed by atoms with Crippen LogP contribution in [0.1, 0.15) is 27.0 Å². The Kier molecular flexibility index (Phi) is 6.95. The van der Waals surface area contributed by atoms with Crippen LogP contribution >= 0.6 is 0 Å². The molecule has 0 saturated carbocycles. The Morgan fingerprint density at radius 1 is 0.867 bits per heavy atom. The van der Waals surface area contributed by atoms with Crippen molar-refractivity contribution in [3.05, 3.63) is 101 Å². The third-order valence-corrected chi connectivity index (χ3v) is 4.44. The number of benzene rings is 3. The minimum absolute atomic E-state index is 0.0431. The first kappa shape index (κ1) is 20.8. The lowest BCUT2D eigenvalue weighted by atomic mass is 10.0. The molecule has 0 aliphatic carbocycles. The second-order valence-electron chi connectivity index (χ2n) is 6.37. The van der Waals surface area contributed by atoms with E-state index in [4.69, 9.17) is 9.57 Å². The second kappa shape index (κ2) is 10.0. The lowest BCUT2D eigenvalue weighted by Gasteiger charge is -2.12. The minimum Gasteiger partial charge on any atom is -0.489 e. The number of rotatable bonds is 8. The summed E-state index contributed by atoms with van der Waals surface area (Å²) in [6.45, 7) is 0.224. The third-order valence-electron chi connectivity index (χ3n) is 4.44. The van der Waals surface area contributed by atoms with E-state index in [9.17, 15) is 9.59 Å². The molecule has 1 N–H and O–H groups in total. The van der Waals surface area contributed by atoms with Gasteiger partial charge in [-0.15, -0.1) is 0 Å². The molecule has 0 unspecified atom stereocenters. The summed E-state index contributed by atoms with van der Waals surface area (Å²) in [6.07, 6.45) is 0. The Morgan fingerprint density at radius 2 is 1.50 bits per heavy atom. The number of carbonyl (C=O) groups is 2. The number of nitrogens with zero attached hydrogens (tertiary/aromatic N) is 1. The zero-order chi connectivity index (χ0) is 21.3. The molecule has 0 radical (unpaired) electrons. The van der Waals surface area contributed by atoms with Crippen LogP contribution in [0.2, 0.25) is 0 Å². The van der Waals surface area contributed by atoms with Gasteiger partial charge in [-0.25, -0.2) is 0 Å². The van der Waals surface area contributed by atoms with Crippen molar-refractivity contribution in [1.29, 1.82) is 0 Å².